The smallest absolute Gasteiger partial charge is 0.137 e. The van der Waals surface area contributed by atoms with Crippen LogP contribution in [-0.4, -0.2) is 16.5 Å². The predicted molar refractivity (Wildman–Crippen MR) is 75.6 cm³/mol. The third-order valence-corrected chi connectivity index (χ3v) is 3.22. The highest BCUT2D eigenvalue weighted by Gasteiger charge is 2.08. The first-order valence-electron chi connectivity index (χ1n) is 6.47. The Morgan fingerprint density at radius 1 is 1.22 bits per heavy atom. The first-order chi connectivity index (χ1) is 8.61. The molecule has 1 aromatic heterocycles. The molecule has 0 bridgehead atoms. The summed E-state index contributed by atoms with van der Waals surface area (Å²) in [5.41, 5.74) is 10.2. The van der Waals surface area contributed by atoms with Gasteiger partial charge in [-0.2, -0.15) is 0 Å². The van der Waals surface area contributed by atoms with E-state index in [0.29, 0.717) is 12.5 Å². The van der Waals surface area contributed by atoms with E-state index in [2.05, 4.69) is 48.1 Å². The summed E-state index contributed by atoms with van der Waals surface area (Å²) in [7, 11) is 0. The molecular formula is C15H21N3. The van der Waals surface area contributed by atoms with Gasteiger partial charge in [-0.15, -0.1) is 0 Å². The van der Waals surface area contributed by atoms with Crippen LogP contribution in [0.3, 0.4) is 0 Å². The van der Waals surface area contributed by atoms with Crippen molar-refractivity contribution in [1.82, 2.24) is 9.97 Å². The molecule has 0 saturated heterocycles. The summed E-state index contributed by atoms with van der Waals surface area (Å²) < 4.78 is 0. The number of aromatic nitrogens is 2. The van der Waals surface area contributed by atoms with Crippen molar-refractivity contribution in [3.8, 4) is 11.4 Å². The van der Waals surface area contributed by atoms with Gasteiger partial charge in [-0.05, 0) is 24.9 Å². The van der Waals surface area contributed by atoms with E-state index in [9.17, 15) is 0 Å². The van der Waals surface area contributed by atoms with E-state index in [0.717, 1.165) is 29.2 Å². The van der Waals surface area contributed by atoms with Crippen molar-refractivity contribution < 1.29 is 0 Å². The maximum absolute atomic E-state index is 5.58. The van der Waals surface area contributed by atoms with Crippen molar-refractivity contribution in [2.24, 2.45) is 5.73 Å². The average Bonchev–Trinajstić information content (AvgIpc) is 2.72. The Morgan fingerprint density at radius 2 is 1.89 bits per heavy atom. The molecular weight excluding hydrogens is 222 g/mol. The topological polar surface area (TPSA) is 54.7 Å². The van der Waals surface area contributed by atoms with Crippen LogP contribution in [0.25, 0.3) is 11.4 Å². The van der Waals surface area contributed by atoms with Crippen LogP contribution < -0.4 is 5.73 Å². The van der Waals surface area contributed by atoms with Crippen LogP contribution in [0.4, 0.5) is 0 Å². The summed E-state index contributed by atoms with van der Waals surface area (Å²) in [6, 6.07) is 8.58. The monoisotopic (exact) mass is 243 g/mol. The zero-order valence-corrected chi connectivity index (χ0v) is 11.3. The van der Waals surface area contributed by atoms with E-state index in [4.69, 9.17) is 5.73 Å². The maximum Gasteiger partial charge on any atom is 0.137 e. The van der Waals surface area contributed by atoms with Gasteiger partial charge in [0.05, 0.1) is 5.69 Å². The van der Waals surface area contributed by atoms with Crippen LogP contribution in [0, 0.1) is 6.92 Å². The molecule has 0 atom stereocenters. The van der Waals surface area contributed by atoms with E-state index >= 15 is 0 Å². The van der Waals surface area contributed by atoms with Gasteiger partial charge in [0.25, 0.3) is 0 Å². The van der Waals surface area contributed by atoms with Gasteiger partial charge in [0.15, 0.2) is 0 Å². The van der Waals surface area contributed by atoms with Gasteiger partial charge in [-0.25, -0.2) is 4.98 Å². The van der Waals surface area contributed by atoms with Crippen LogP contribution in [-0.2, 0) is 6.42 Å². The zero-order chi connectivity index (χ0) is 13.1. The Bertz CT molecular complexity index is 509. The van der Waals surface area contributed by atoms with Gasteiger partial charge >= 0.3 is 0 Å². The van der Waals surface area contributed by atoms with Crippen LogP contribution >= 0.6 is 0 Å². The number of imidazole rings is 1. The van der Waals surface area contributed by atoms with E-state index in [1.54, 1.807) is 0 Å². The van der Waals surface area contributed by atoms with Gasteiger partial charge in [0, 0.05) is 17.7 Å². The van der Waals surface area contributed by atoms with Crippen molar-refractivity contribution in [1.29, 1.82) is 0 Å². The highest BCUT2D eigenvalue weighted by atomic mass is 14.9. The molecule has 96 valence electrons. The standard InChI is InChI=1S/C15H21N3/c1-10(2)12-4-6-13(7-5-12)15-17-11(3)14(18-15)8-9-16/h4-7,10H,8-9,16H2,1-3H3,(H,17,18). The normalized spacial score (nSPS) is 11.2. The molecule has 3 heteroatoms. The number of hydrogen-bond acceptors (Lipinski definition) is 2. The molecule has 0 spiro atoms. The number of H-pyrrole nitrogens is 1. The summed E-state index contributed by atoms with van der Waals surface area (Å²) in [6.07, 6.45) is 0.826. The van der Waals surface area contributed by atoms with Crippen LogP contribution in [0.1, 0.15) is 36.7 Å². The molecule has 0 aliphatic heterocycles. The summed E-state index contributed by atoms with van der Waals surface area (Å²) in [5, 5.41) is 0. The predicted octanol–water partition coefficient (Wildman–Crippen LogP) is 3.01. The lowest BCUT2D eigenvalue weighted by Crippen LogP contribution is -2.03. The molecule has 2 rings (SSSR count). The van der Waals surface area contributed by atoms with Crippen LogP contribution in [0.5, 0.6) is 0 Å². The molecule has 0 aliphatic carbocycles. The molecule has 0 fully saturated rings. The largest absolute Gasteiger partial charge is 0.342 e. The fourth-order valence-electron chi connectivity index (χ4n) is 2.04. The first kappa shape index (κ1) is 12.8. The van der Waals surface area contributed by atoms with Crippen molar-refractivity contribution in [3.05, 3.63) is 41.2 Å². The fourth-order valence-corrected chi connectivity index (χ4v) is 2.04. The second-order valence-electron chi connectivity index (χ2n) is 4.97. The molecule has 0 unspecified atom stereocenters. The Balaban J connectivity index is 2.28. The maximum atomic E-state index is 5.58. The van der Waals surface area contributed by atoms with Gasteiger partial charge in [0.1, 0.15) is 5.82 Å². The fraction of sp³-hybridized carbons (Fsp3) is 0.400. The number of nitrogens with one attached hydrogen (secondary N) is 1. The van der Waals surface area contributed by atoms with Gasteiger partial charge in [-0.1, -0.05) is 38.1 Å². The molecule has 18 heavy (non-hydrogen) atoms. The number of aromatic amines is 1. The van der Waals surface area contributed by atoms with E-state index in [1.807, 2.05) is 6.92 Å². The minimum atomic E-state index is 0.560. The molecule has 0 radical (unpaired) electrons. The Kier molecular flexibility index (Phi) is 3.82. The van der Waals surface area contributed by atoms with E-state index in [1.165, 1.54) is 5.56 Å². The highest BCUT2D eigenvalue weighted by Crippen LogP contribution is 2.21. The molecule has 2 aromatic rings. The summed E-state index contributed by atoms with van der Waals surface area (Å²) >= 11 is 0. The van der Waals surface area contributed by atoms with Crippen LogP contribution in [0.2, 0.25) is 0 Å². The second-order valence-corrected chi connectivity index (χ2v) is 4.97. The average molecular weight is 243 g/mol. The summed E-state index contributed by atoms with van der Waals surface area (Å²) in [6.45, 7) is 7.08. The van der Waals surface area contributed by atoms with Crippen molar-refractivity contribution in [3.63, 3.8) is 0 Å². The third kappa shape index (κ3) is 2.62. The lowest BCUT2D eigenvalue weighted by atomic mass is 10.0. The number of rotatable bonds is 4. The lowest BCUT2D eigenvalue weighted by Gasteiger charge is -2.05. The third-order valence-electron chi connectivity index (χ3n) is 3.22. The van der Waals surface area contributed by atoms with Gasteiger partial charge in [-0.3, -0.25) is 0 Å². The molecule has 3 N–H and O–H groups in total. The highest BCUT2D eigenvalue weighted by molar-refractivity contribution is 5.56. The van der Waals surface area contributed by atoms with Gasteiger partial charge < -0.3 is 10.7 Å². The van der Waals surface area contributed by atoms with E-state index in [-0.39, 0.29) is 0 Å². The lowest BCUT2D eigenvalue weighted by molar-refractivity contribution is 0.867. The van der Waals surface area contributed by atoms with E-state index < -0.39 is 0 Å². The second kappa shape index (κ2) is 5.36. The van der Waals surface area contributed by atoms with Crippen molar-refractivity contribution in [2.75, 3.05) is 6.54 Å². The molecule has 3 nitrogen and oxygen atoms in total. The minimum absolute atomic E-state index is 0.560. The molecule has 0 amide bonds. The first-order valence-corrected chi connectivity index (χ1v) is 6.47. The molecule has 1 heterocycles. The van der Waals surface area contributed by atoms with Gasteiger partial charge in [0.2, 0.25) is 0 Å². The Morgan fingerprint density at radius 3 is 2.44 bits per heavy atom. The minimum Gasteiger partial charge on any atom is -0.342 e. The Labute approximate surface area is 108 Å². The molecule has 0 saturated carbocycles. The zero-order valence-electron chi connectivity index (χ0n) is 11.3. The van der Waals surface area contributed by atoms with Crippen molar-refractivity contribution in [2.45, 2.75) is 33.1 Å². The van der Waals surface area contributed by atoms with Crippen LogP contribution in [0.15, 0.2) is 24.3 Å². The number of nitrogens with zero attached hydrogens (tertiary/aromatic N) is 1. The molecule has 1 aromatic carbocycles. The Hall–Kier alpha value is -1.61. The SMILES string of the molecule is Cc1[nH]c(-c2ccc(C(C)C)cc2)nc1CCN. The summed E-state index contributed by atoms with van der Waals surface area (Å²) in [4.78, 5) is 7.94. The summed E-state index contributed by atoms with van der Waals surface area (Å²) in [5.74, 6) is 1.50. The molecule has 0 aliphatic rings. The van der Waals surface area contributed by atoms with Crippen molar-refractivity contribution >= 4 is 0 Å². The number of aryl methyl sites for hydroxylation is 1. The number of nitrogens with two attached hydrogens (primary N) is 1. The quantitative estimate of drug-likeness (QED) is 0.867. The number of hydrogen-bond donors (Lipinski definition) is 2. The number of benzene rings is 1.